The highest BCUT2D eigenvalue weighted by atomic mass is 79.9. The maximum atomic E-state index is 13.6. The van der Waals surface area contributed by atoms with Crippen LogP contribution in [0.2, 0.25) is 0 Å². The van der Waals surface area contributed by atoms with Crippen LogP contribution < -0.4 is 5.32 Å². The molecule has 0 amide bonds. The Balaban J connectivity index is 2.21. The van der Waals surface area contributed by atoms with E-state index in [2.05, 4.69) is 37.2 Å². The standard InChI is InChI=1S/C13H9Br2FN2O2/c14-9-4-8(5-10(6-9)18(19)20)7-17-13-11(15)2-1-3-12(13)16/h1-6,17H,7H2. The first-order chi connectivity index (χ1) is 9.47. The molecule has 0 radical (unpaired) electrons. The van der Waals surface area contributed by atoms with Crippen molar-refractivity contribution in [1.29, 1.82) is 0 Å². The van der Waals surface area contributed by atoms with Gasteiger partial charge in [0, 0.05) is 27.6 Å². The van der Waals surface area contributed by atoms with Crippen molar-refractivity contribution in [3.8, 4) is 0 Å². The van der Waals surface area contributed by atoms with Crippen LogP contribution in [0, 0.1) is 15.9 Å². The SMILES string of the molecule is O=[N+]([O-])c1cc(Br)cc(CNc2c(F)cccc2Br)c1. The Morgan fingerprint density at radius 1 is 1.25 bits per heavy atom. The molecule has 0 unspecified atom stereocenters. The molecule has 0 spiro atoms. The average molecular weight is 404 g/mol. The van der Waals surface area contributed by atoms with Gasteiger partial charge in [-0.25, -0.2) is 4.39 Å². The van der Waals surface area contributed by atoms with Crippen LogP contribution in [0.3, 0.4) is 0 Å². The van der Waals surface area contributed by atoms with Gasteiger partial charge >= 0.3 is 0 Å². The number of hydrogen-bond acceptors (Lipinski definition) is 3. The number of benzene rings is 2. The van der Waals surface area contributed by atoms with Crippen LogP contribution in [0.5, 0.6) is 0 Å². The van der Waals surface area contributed by atoms with E-state index in [1.165, 1.54) is 18.2 Å². The molecule has 1 N–H and O–H groups in total. The molecule has 0 saturated heterocycles. The molecule has 0 heterocycles. The van der Waals surface area contributed by atoms with Gasteiger partial charge < -0.3 is 5.32 Å². The zero-order valence-corrected chi connectivity index (χ0v) is 13.2. The van der Waals surface area contributed by atoms with Crippen molar-refractivity contribution in [1.82, 2.24) is 0 Å². The maximum absolute atomic E-state index is 13.6. The summed E-state index contributed by atoms with van der Waals surface area (Å²) in [7, 11) is 0. The number of rotatable bonds is 4. The Labute approximate surface area is 131 Å². The monoisotopic (exact) mass is 402 g/mol. The summed E-state index contributed by atoms with van der Waals surface area (Å²) in [6.07, 6.45) is 0. The van der Waals surface area contributed by atoms with Crippen molar-refractivity contribution in [3.05, 3.63) is 66.8 Å². The average Bonchev–Trinajstić information content (AvgIpc) is 2.37. The van der Waals surface area contributed by atoms with Crippen molar-refractivity contribution in [3.63, 3.8) is 0 Å². The first-order valence-corrected chi connectivity index (χ1v) is 7.17. The highest BCUT2D eigenvalue weighted by molar-refractivity contribution is 9.10. The van der Waals surface area contributed by atoms with Crippen molar-refractivity contribution in [2.45, 2.75) is 6.54 Å². The van der Waals surface area contributed by atoms with Gasteiger partial charge in [0.25, 0.3) is 5.69 Å². The van der Waals surface area contributed by atoms with Crippen LogP contribution >= 0.6 is 31.9 Å². The van der Waals surface area contributed by atoms with E-state index in [-0.39, 0.29) is 18.0 Å². The number of nitrogens with zero attached hydrogens (tertiary/aromatic N) is 1. The lowest BCUT2D eigenvalue weighted by Crippen LogP contribution is -2.03. The van der Waals surface area contributed by atoms with Gasteiger partial charge in [0.1, 0.15) is 5.82 Å². The topological polar surface area (TPSA) is 55.2 Å². The molecule has 4 nitrogen and oxygen atoms in total. The zero-order valence-electron chi connectivity index (χ0n) is 10.1. The minimum Gasteiger partial charge on any atom is -0.378 e. The van der Waals surface area contributed by atoms with Crippen molar-refractivity contribution < 1.29 is 9.31 Å². The number of halogens is 3. The molecule has 0 saturated carbocycles. The van der Waals surface area contributed by atoms with Crippen LogP contribution in [0.25, 0.3) is 0 Å². The highest BCUT2D eigenvalue weighted by Crippen LogP contribution is 2.27. The zero-order chi connectivity index (χ0) is 14.7. The summed E-state index contributed by atoms with van der Waals surface area (Å²) in [4.78, 5) is 10.3. The number of non-ortho nitro benzene ring substituents is 1. The maximum Gasteiger partial charge on any atom is 0.270 e. The first kappa shape index (κ1) is 14.9. The van der Waals surface area contributed by atoms with Crippen LogP contribution in [0.4, 0.5) is 15.8 Å². The normalized spacial score (nSPS) is 10.3. The van der Waals surface area contributed by atoms with E-state index >= 15 is 0 Å². The molecule has 0 atom stereocenters. The summed E-state index contributed by atoms with van der Waals surface area (Å²) in [5.74, 6) is -0.385. The van der Waals surface area contributed by atoms with E-state index in [1.54, 1.807) is 18.2 Å². The second kappa shape index (κ2) is 6.32. The molecule has 0 aliphatic rings. The summed E-state index contributed by atoms with van der Waals surface area (Å²) < 4.78 is 14.8. The Morgan fingerprint density at radius 2 is 2.00 bits per heavy atom. The van der Waals surface area contributed by atoms with Crippen molar-refractivity contribution in [2.75, 3.05) is 5.32 Å². The van der Waals surface area contributed by atoms with Crippen molar-refractivity contribution >= 4 is 43.2 Å². The van der Waals surface area contributed by atoms with Gasteiger partial charge in [-0.05, 0) is 39.7 Å². The summed E-state index contributed by atoms with van der Waals surface area (Å²) in [5.41, 5.74) is 1.00. The predicted octanol–water partition coefficient (Wildman–Crippen LogP) is 4.87. The van der Waals surface area contributed by atoms with Gasteiger partial charge in [0.05, 0.1) is 10.6 Å². The van der Waals surface area contributed by atoms with Crippen LogP contribution in [-0.2, 0) is 6.54 Å². The minimum atomic E-state index is -0.465. The molecule has 0 fully saturated rings. The fourth-order valence-corrected chi connectivity index (χ4v) is 2.71. The van der Waals surface area contributed by atoms with Gasteiger partial charge in [0.15, 0.2) is 0 Å². The number of hydrogen-bond donors (Lipinski definition) is 1. The van der Waals surface area contributed by atoms with E-state index in [0.717, 1.165) is 0 Å². The van der Waals surface area contributed by atoms with E-state index in [9.17, 15) is 14.5 Å². The molecule has 2 aromatic rings. The van der Waals surface area contributed by atoms with E-state index in [4.69, 9.17) is 0 Å². The van der Waals surface area contributed by atoms with Gasteiger partial charge in [-0.15, -0.1) is 0 Å². The summed E-state index contributed by atoms with van der Waals surface area (Å²) in [6, 6.07) is 9.27. The molecule has 0 bridgehead atoms. The van der Waals surface area contributed by atoms with E-state index in [0.29, 0.717) is 20.2 Å². The van der Waals surface area contributed by atoms with Crippen LogP contribution in [-0.4, -0.2) is 4.92 Å². The smallest absolute Gasteiger partial charge is 0.270 e. The Morgan fingerprint density at radius 3 is 2.65 bits per heavy atom. The third-order valence-electron chi connectivity index (χ3n) is 2.59. The second-order valence-corrected chi connectivity index (χ2v) is 5.80. The predicted molar refractivity (Wildman–Crippen MR) is 82.2 cm³/mol. The molecule has 0 aliphatic heterocycles. The lowest BCUT2D eigenvalue weighted by molar-refractivity contribution is -0.385. The second-order valence-electron chi connectivity index (χ2n) is 4.02. The molecule has 20 heavy (non-hydrogen) atoms. The minimum absolute atomic E-state index is 0.0104. The molecule has 0 aromatic heterocycles. The molecular weight excluding hydrogens is 395 g/mol. The Kier molecular flexibility index (Phi) is 4.72. The number of nitro benzene ring substituents is 1. The quantitative estimate of drug-likeness (QED) is 0.585. The Hall–Kier alpha value is -1.47. The number of para-hydroxylation sites is 1. The summed E-state index contributed by atoms with van der Waals surface area (Å²) >= 11 is 6.47. The van der Waals surface area contributed by atoms with Crippen molar-refractivity contribution in [2.24, 2.45) is 0 Å². The molecular formula is C13H9Br2FN2O2. The van der Waals surface area contributed by atoms with Gasteiger partial charge in [-0.3, -0.25) is 10.1 Å². The lowest BCUT2D eigenvalue weighted by Gasteiger charge is -2.10. The van der Waals surface area contributed by atoms with E-state index < -0.39 is 4.92 Å². The Bertz CT molecular complexity index is 645. The van der Waals surface area contributed by atoms with Gasteiger partial charge in [-0.1, -0.05) is 22.0 Å². The highest BCUT2D eigenvalue weighted by Gasteiger charge is 2.10. The third-order valence-corrected chi connectivity index (χ3v) is 3.70. The molecule has 0 aliphatic carbocycles. The fraction of sp³-hybridized carbons (Fsp3) is 0.0769. The first-order valence-electron chi connectivity index (χ1n) is 5.59. The number of nitro groups is 1. The van der Waals surface area contributed by atoms with Crippen LogP contribution in [0.15, 0.2) is 45.3 Å². The summed E-state index contributed by atoms with van der Waals surface area (Å²) in [6.45, 7) is 0.278. The molecule has 7 heteroatoms. The lowest BCUT2D eigenvalue weighted by atomic mass is 10.2. The number of nitrogens with one attached hydrogen (secondary N) is 1. The number of anilines is 1. The summed E-state index contributed by atoms with van der Waals surface area (Å²) in [5, 5.41) is 13.7. The molecule has 2 aromatic carbocycles. The molecule has 104 valence electrons. The molecule has 2 rings (SSSR count). The van der Waals surface area contributed by atoms with E-state index in [1.807, 2.05) is 0 Å². The van der Waals surface area contributed by atoms with Gasteiger partial charge in [0.2, 0.25) is 0 Å². The van der Waals surface area contributed by atoms with Gasteiger partial charge in [-0.2, -0.15) is 0 Å². The third kappa shape index (κ3) is 3.55. The fourth-order valence-electron chi connectivity index (χ4n) is 1.70. The van der Waals surface area contributed by atoms with Crippen LogP contribution in [0.1, 0.15) is 5.56 Å². The largest absolute Gasteiger partial charge is 0.378 e.